The lowest BCUT2D eigenvalue weighted by molar-refractivity contribution is 0.726. The van der Waals surface area contributed by atoms with Crippen molar-refractivity contribution in [2.45, 2.75) is 13.5 Å². The minimum Gasteiger partial charge on any atom is -0.312 e. The lowest BCUT2D eigenvalue weighted by Crippen LogP contribution is -2.17. The third-order valence-electron chi connectivity index (χ3n) is 2.07. The predicted octanol–water partition coefficient (Wildman–Crippen LogP) is 1.85. The summed E-state index contributed by atoms with van der Waals surface area (Å²) >= 11 is 1.78. The van der Waals surface area contributed by atoms with E-state index in [0.717, 1.165) is 24.6 Å². The first-order chi connectivity index (χ1) is 7.34. The van der Waals surface area contributed by atoms with Crippen molar-refractivity contribution in [3.63, 3.8) is 0 Å². The molecule has 0 aliphatic heterocycles. The molecule has 0 aliphatic carbocycles. The molecule has 0 aliphatic rings. The Hall–Kier alpha value is -0.980. The van der Waals surface area contributed by atoms with Crippen molar-refractivity contribution in [2.24, 2.45) is 0 Å². The zero-order valence-corrected chi connectivity index (χ0v) is 9.81. The molecule has 1 aromatic heterocycles. The number of rotatable bonds is 6. The maximum absolute atomic E-state index is 5.15. The molecule has 80 valence electrons. The molecule has 2 nitrogen and oxygen atoms in total. The van der Waals surface area contributed by atoms with E-state index < -0.39 is 0 Å². The molecule has 0 unspecified atom stereocenters. The van der Waals surface area contributed by atoms with Crippen molar-refractivity contribution in [3.05, 3.63) is 29.6 Å². The van der Waals surface area contributed by atoms with Crippen LogP contribution in [-0.2, 0) is 6.54 Å². The van der Waals surface area contributed by atoms with E-state index in [0.29, 0.717) is 0 Å². The molecular formula is C12H16N2S. The number of thioether (sulfide) groups is 1. The van der Waals surface area contributed by atoms with Crippen LogP contribution in [0.1, 0.15) is 11.1 Å². The van der Waals surface area contributed by atoms with Crippen molar-refractivity contribution >= 4 is 11.8 Å². The lowest BCUT2D eigenvalue weighted by atomic mass is 10.2. The summed E-state index contributed by atoms with van der Waals surface area (Å²) in [5.41, 5.74) is 2.55. The van der Waals surface area contributed by atoms with E-state index in [4.69, 9.17) is 6.42 Å². The zero-order chi connectivity index (χ0) is 10.9. The molecule has 15 heavy (non-hydrogen) atoms. The SMILES string of the molecule is C#CCSCCNCc1cnccc1C. The topological polar surface area (TPSA) is 24.9 Å². The molecule has 1 N–H and O–H groups in total. The van der Waals surface area contributed by atoms with Crippen molar-refractivity contribution in [1.29, 1.82) is 0 Å². The maximum Gasteiger partial charge on any atom is 0.0545 e. The van der Waals surface area contributed by atoms with Crippen LogP contribution in [0.5, 0.6) is 0 Å². The van der Waals surface area contributed by atoms with Crippen LogP contribution in [0.15, 0.2) is 18.5 Å². The first-order valence-corrected chi connectivity index (χ1v) is 6.11. The van der Waals surface area contributed by atoms with Gasteiger partial charge in [0.2, 0.25) is 0 Å². The molecule has 3 heteroatoms. The van der Waals surface area contributed by atoms with Crippen LogP contribution < -0.4 is 5.32 Å². The van der Waals surface area contributed by atoms with Crippen molar-refractivity contribution in [3.8, 4) is 12.3 Å². The zero-order valence-electron chi connectivity index (χ0n) is 8.99. The van der Waals surface area contributed by atoms with Gasteiger partial charge in [0, 0.05) is 31.2 Å². The minimum absolute atomic E-state index is 0.799. The fourth-order valence-corrected chi connectivity index (χ4v) is 1.73. The van der Waals surface area contributed by atoms with Crippen LogP contribution in [0.2, 0.25) is 0 Å². The minimum atomic E-state index is 0.799. The molecule has 0 amide bonds. The van der Waals surface area contributed by atoms with E-state index >= 15 is 0 Å². The normalized spacial score (nSPS) is 9.87. The average Bonchev–Trinajstić information content (AvgIpc) is 2.25. The number of nitrogens with zero attached hydrogens (tertiary/aromatic N) is 1. The Kier molecular flexibility index (Phi) is 5.91. The van der Waals surface area contributed by atoms with Gasteiger partial charge < -0.3 is 5.32 Å². The molecule has 0 bridgehead atoms. The van der Waals surface area contributed by atoms with Crippen LogP contribution in [0.3, 0.4) is 0 Å². The Morgan fingerprint density at radius 3 is 3.20 bits per heavy atom. The second-order valence-corrected chi connectivity index (χ2v) is 4.34. The summed E-state index contributed by atoms with van der Waals surface area (Å²) < 4.78 is 0. The summed E-state index contributed by atoms with van der Waals surface area (Å²) in [6.45, 7) is 3.97. The first-order valence-electron chi connectivity index (χ1n) is 4.96. The summed E-state index contributed by atoms with van der Waals surface area (Å²) in [6, 6.07) is 2.03. The third kappa shape index (κ3) is 4.87. The van der Waals surface area contributed by atoms with Crippen LogP contribution in [0, 0.1) is 19.3 Å². The molecule has 0 spiro atoms. The van der Waals surface area contributed by atoms with Gasteiger partial charge in [-0.25, -0.2) is 0 Å². The highest BCUT2D eigenvalue weighted by Crippen LogP contribution is 2.04. The summed E-state index contributed by atoms with van der Waals surface area (Å²) in [6.07, 6.45) is 8.89. The molecule has 0 saturated carbocycles. The van der Waals surface area contributed by atoms with Crippen LogP contribution >= 0.6 is 11.8 Å². The Labute approximate surface area is 95.9 Å². The highest BCUT2D eigenvalue weighted by atomic mass is 32.2. The number of hydrogen-bond acceptors (Lipinski definition) is 3. The van der Waals surface area contributed by atoms with Gasteiger partial charge in [-0.2, -0.15) is 0 Å². The van der Waals surface area contributed by atoms with Crippen molar-refractivity contribution < 1.29 is 0 Å². The monoisotopic (exact) mass is 220 g/mol. The highest BCUT2D eigenvalue weighted by molar-refractivity contribution is 7.99. The molecule has 1 rings (SSSR count). The number of nitrogens with one attached hydrogen (secondary N) is 1. The Bertz CT molecular complexity index is 331. The second-order valence-electron chi connectivity index (χ2n) is 3.24. The molecule has 0 saturated heterocycles. The van der Waals surface area contributed by atoms with E-state index in [1.54, 1.807) is 11.8 Å². The first kappa shape index (κ1) is 12.1. The maximum atomic E-state index is 5.15. The predicted molar refractivity (Wildman–Crippen MR) is 66.8 cm³/mol. The van der Waals surface area contributed by atoms with Crippen LogP contribution in [-0.4, -0.2) is 23.0 Å². The summed E-state index contributed by atoms with van der Waals surface area (Å²) in [7, 11) is 0. The number of terminal acetylenes is 1. The van der Waals surface area contributed by atoms with Gasteiger partial charge in [-0.15, -0.1) is 18.2 Å². The van der Waals surface area contributed by atoms with Gasteiger partial charge in [-0.1, -0.05) is 5.92 Å². The summed E-state index contributed by atoms with van der Waals surface area (Å²) in [5, 5.41) is 3.37. The van der Waals surface area contributed by atoms with Gasteiger partial charge in [-0.05, 0) is 24.1 Å². The molecule has 0 fully saturated rings. The molecule has 1 heterocycles. The van der Waals surface area contributed by atoms with E-state index in [2.05, 4.69) is 23.1 Å². The van der Waals surface area contributed by atoms with Gasteiger partial charge in [0.15, 0.2) is 0 Å². The van der Waals surface area contributed by atoms with Gasteiger partial charge in [-0.3, -0.25) is 4.98 Å². The van der Waals surface area contributed by atoms with Crippen LogP contribution in [0.25, 0.3) is 0 Å². The van der Waals surface area contributed by atoms with Gasteiger partial charge in [0.1, 0.15) is 0 Å². The Balaban J connectivity index is 2.16. The average molecular weight is 220 g/mol. The lowest BCUT2D eigenvalue weighted by Gasteiger charge is -2.06. The van der Waals surface area contributed by atoms with E-state index in [9.17, 15) is 0 Å². The van der Waals surface area contributed by atoms with Gasteiger partial charge in [0.05, 0.1) is 5.75 Å². The molecular weight excluding hydrogens is 204 g/mol. The number of aromatic nitrogens is 1. The molecule has 0 atom stereocenters. The van der Waals surface area contributed by atoms with Crippen molar-refractivity contribution in [1.82, 2.24) is 10.3 Å². The number of hydrogen-bond donors (Lipinski definition) is 1. The quantitative estimate of drug-likeness (QED) is 0.585. The fraction of sp³-hybridized carbons (Fsp3) is 0.417. The molecule has 0 radical (unpaired) electrons. The van der Waals surface area contributed by atoms with Crippen LogP contribution in [0.4, 0.5) is 0 Å². The van der Waals surface area contributed by atoms with Gasteiger partial charge in [0.25, 0.3) is 0 Å². The van der Waals surface area contributed by atoms with Gasteiger partial charge >= 0.3 is 0 Å². The van der Waals surface area contributed by atoms with Crippen molar-refractivity contribution in [2.75, 3.05) is 18.1 Å². The second kappa shape index (κ2) is 7.33. The third-order valence-corrected chi connectivity index (χ3v) is 2.94. The largest absolute Gasteiger partial charge is 0.312 e. The van der Waals surface area contributed by atoms with E-state index in [1.165, 1.54) is 11.1 Å². The summed E-state index contributed by atoms with van der Waals surface area (Å²) in [5.74, 6) is 4.47. The number of aryl methyl sites for hydroxylation is 1. The Morgan fingerprint density at radius 1 is 1.60 bits per heavy atom. The summed E-state index contributed by atoms with van der Waals surface area (Å²) in [4.78, 5) is 4.10. The number of pyridine rings is 1. The fourth-order valence-electron chi connectivity index (χ4n) is 1.18. The smallest absolute Gasteiger partial charge is 0.0545 e. The standard InChI is InChI=1S/C12H16N2S/c1-3-7-15-8-6-14-10-12-9-13-5-4-11(12)2/h1,4-5,9,14H,6-8,10H2,2H3. The molecule has 0 aromatic carbocycles. The van der Waals surface area contributed by atoms with E-state index in [-0.39, 0.29) is 0 Å². The Morgan fingerprint density at radius 2 is 2.47 bits per heavy atom. The highest BCUT2D eigenvalue weighted by Gasteiger charge is 1.96. The molecule has 1 aromatic rings. The van der Waals surface area contributed by atoms with E-state index in [1.807, 2.05) is 18.5 Å².